The van der Waals surface area contributed by atoms with Crippen LogP contribution in [0.2, 0.25) is 0 Å². The molecule has 0 aromatic carbocycles. The quantitative estimate of drug-likeness (QED) is 0.353. The minimum atomic E-state index is 0.192. The fourth-order valence-electron chi connectivity index (χ4n) is 0.127. The van der Waals surface area contributed by atoms with E-state index >= 15 is 0 Å². The Morgan fingerprint density at radius 3 is 2.50 bits per heavy atom. The predicted molar refractivity (Wildman–Crippen MR) is 31.0 cm³/mol. The highest BCUT2D eigenvalue weighted by atomic mass is 32.1. The lowest BCUT2D eigenvalue weighted by Gasteiger charge is -1.75. The van der Waals surface area contributed by atoms with Crippen LogP contribution in [0.25, 0.3) is 0 Å². The maximum absolute atomic E-state index is 4.94. The van der Waals surface area contributed by atoms with Crippen molar-refractivity contribution in [1.82, 2.24) is 0 Å². The molecule has 0 aromatic rings. The molecule has 6 heavy (non-hydrogen) atoms. The zero-order valence-corrected chi connectivity index (χ0v) is 4.33. The molecule has 0 fully saturated rings. The maximum Gasteiger partial charge on any atom is 0.189 e. The first-order valence-corrected chi connectivity index (χ1v) is 1.96. The van der Waals surface area contributed by atoms with E-state index in [1.54, 1.807) is 13.1 Å². The summed E-state index contributed by atoms with van der Waals surface area (Å²) >= 11 is 4.37. The molecule has 0 aromatic heterocycles. The van der Waals surface area contributed by atoms with Crippen molar-refractivity contribution in [2.45, 2.75) is 6.92 Å². The number of hydrogen-bond acceptors (Lipinski definition) is 1. The third kappa shape index (κ3) is 3.56. The lowest BCUT2D eigenvalue weighted by atomic mass is 10.9. The molecule has 0 atom stereocenters. The molecule has 0 saturated heterocycles. The molecular formula is C3H6N2S. The fourth-order valence-corrected chi connectivity index (χ4v) is 0.233. The number of nitrogens with two attached hydrogens (primary N) is 1. The smallest absolute Gasteiger partial charge is 0.189 e. The van der Waals surface area contributed by atoms with Crippen molar-refractivity contribution in [2.75, 3.05) is 0 Å². The second-order valence-corrected chi connectivity index (χ2v) is 1.14. The van der Waals surface area contributed by atoms with Crippen LogP contribution >= 0.6 is 12.2 Å². The van der Waals surface area contributed by atoms with E-state index in [2.05, 4.69) is 17.2 Å². The molecule has 2 N–H and O–H groups in total. The van der Waals surface area contributed by atoms with Crippen LogP contribution in [0.4, 0.5) is 0 Å². The zero-order valence-electron chi connectivity index (χ0n) is 3.51. The molecule has 0 rings (SSSR count). The monoisotopic (exact) mass is 102 g/mol. The summed E-state index contributed by atoms with van der Waals surface area (Å²) in [6.45, 7) is 1.76. The summed E-state index contributed by atoms with van der Waals surface area (Å²) in [4.78, 5) is 3.51. The molecule has 0 aliphatic rings. The second kappa shape index (κ2) is 2.78. The van der Waals surface area contributed by atoms with Crippen molar-refractivity contribution < 1.29 is 0 Å². The van der Waals surface area contributed by atoms with Gasteiger partial charge in [-0.15, -0.1) is 0 Å². The Morgan fingerprint density at radius 1 is 2.00 bits per heavy atom. The van der Waals surface area contributed by atoms with E-state index in [-0.39, 0.29) is 5.11 Å². The Bertz CT molecular complexity index is 76.9. The highest BCUT2D eigenvalue weighted by molar-refractivity contribution is 7.80. The molecule has 2 nitrogen and oxygen atoms in total. The average molecular weight is 102 g/mol. The first kappa shape index (κ1) is 5.56. The number of hydrogen-bond donors (Lipinski definition) is 1. The largest absolute Gasteiger partial charge is 0.374 e. The van der Waals surface area contributed by atoms with Crippen molar-refractivity contribution in [1.29, 1.82) is 0 Å². The van der Waals surface area contributed by atoms with Gasteiger partial charge >= 0.3 is 0 Å². The van der Waals surface area contributed by atoms with Gasteiger partial charge in [0.1, 0.15) is 0 Å². The Morgan fingerprint density at radius 2 is 2.50 bits per heavy atom. The van der Waals surface area contributed by atoms with Gasteiger partial charge in [-0.2, -0.15) is 0 Å². The first-order chi connectivity index (χ1) is 2.77. The summed E-state index contributed by atoms with van der Waals surface area (Å²) in [5.41, 5.74) is 4.94. The topological polar surface area (TPSA) is 38.4 Å². The standard InChI is InChI=1S/C3H6N2S/c1-2-5-3(4)6/h2H,1H3,(H2,4,6)/b5-2-. The van der Waals surface area contributed by atoms with Crippen LogP contribution in [0.1, 0.15) is 6.92 Å². The Hall–Kier alpha value is -0.440. The molecule has 0 radical (unpaired) electrons. The van der Waals surface area contributed by atoms with Crippen LogP contribution in [0.3, 0.4) is 0 Å². The molecule has 0 amide bonds. The van der Waals surface area contributed by atoms with E-state index in [0.717, 1.165) is 0 Å². The van der Waals surface area contributed by atoms with Crippen LogP contribution in [-0.4, -0.2) is 11.3 Å². The van der Waals surface area contributed by atoms with Gasteiger partial charge in [0, 0.05) is 6.21 Å². The van der Waals surface area contributed by atoms with E-state index in [4.69, 9.17) is 5.73 Å². The number of nitrogens with zero attached hydrogens (tertiary/aromatic N) is 1. The van der Waals surface area contributed by atoms with Crippen molar-refractivity contribution in [2.24, 2.45) is 10.7 Å². The molecular weight excluding hydrogens is 96.1 g/mol. The molecule has 0 unspecified atom stereocenters. The first-order valence-electron chi connectivity index (χ1n) is 1.55. The van der Waals surface area contributed by atoms with E-state index in [1.807, 2.05) is 0 Å². The molecule has 0 bridgehead atoms. The van der Waals surface area contributed by atoms with Gasteiger partial charge in [-0.05, 0) is 19.1 Å². The summed E-state index contributed by atoms with van der Waals surface area (Å²) in [6, 6.07) is 0. The minimum absolute atomic E-state index is 0.192. The van der Waals surface area contributed by atoms with Gasteiger partial charge in [0.25, 0.3) is 0 Å². The molecule has 0 saturated carbocycles. The van der Waals surface area contributed by atoms with Gasteiger partial charge in [-0.1, -0.05) is 0 Å². The number of thiocarbonyl (C=S) groups is 1. The normalized spacial score (nSPS) is 9.50. The van der Waals surface area contributed by atoms with E-state index in [0.29, 0.717) is 0 Å². The minimum Gasteiger partial charge on any atom is -0.374 e. The van der Waals surface area contributed by atoms with Gasteiger partial charge in [-0.25, -0.2) is 4.99 Å². The number of aliphatic imine (C=N–C) groups is 1. The van der Waals surface area contributed by atoms with Crippen LogP contribution in [-0.2, 0) is 0 Å². The molecule has 0 spiro atoms. The van der Waals surface area contributed by atoms with Gasteiger partial charge < -0.3 is 5.73 Å². The molecule has 34 valence electrons. The Kier molecular flexibility index (Phi) is 2.58. The van der Waals surface area contributed by atoms with Crippen molar-refractivity contribution in [3.8, 4) is 0 Å². The Balaban J connectivity index is 3.30. The van der Waals surface area contributed by atoms with Crippen LogP contribution in [0, 0.1) is 0 Å². The number of rotatable bonds is 0. The lowest BCUT2D eigenvalue weighted by Crippen LogP contribution is -2.02. The highest BCUT2D eigenvalue weighted by Crippen LogP contribution is 1.61. The average Bonchev–Trinajstić information content (AvgIpc) is 1.35. The van der Waals surface area contributed by atoms with Crippen LogP contribution < -0.4 is 5.73 Å². The molecule has 0 aliphatic carbocycles. The van der Waals surface area contributed by atoms with Gasteiger partial charge in [0.2, 0.25) is 0 Å². The fraction of sp³-hybridized carbons (Fsp3) is 0.333. The molecule has 3 heteroatoms. The zero-order chi connectivity index (χ0) is 4.99. The maximum atomic E-state index is 4.94. The third-order valence-electron chi connectivity index (χ3n) is 0.256. The SMILES string of the molecule is C/C=N\C(N)=S. The Labute approximate surface area is 42.1 Å². The molecule has 0 heterocycles. The van der Waals surface area contributed by atoms with Gasteiger partial charge in [0.05, 0.1) is 0 Å². The van der Waals surface area contributed by atoms with Crippen molar-refractivity contribution >= 4 is 23.5 Å². The van der Waals surface area contributed by atoms with Crippen LogP contribution in [0.15, 0.2) is 4.99 Å². The van der Waals surface area contributed by atoms with E-state index in [1.165, 1.54) is 0 Å². The highest BCUT2D eigenvalue weighted by Gasteiger charge is 1.67. The van der Waals surface area contributed by atoms with Gasteiger partial charge in [0.15, 0.2) is 5.11 Å². The summed E-state index contributed by atoms with van der Waals surface area (Å²) < 4.78 is 0. The van der Waals surface area contributed by atoms with Gasteiger partial charge in [-0.3, -0.25) is 0 Å². The van der Waals surface area contributed by atoms with E-state index < -0.39 is 0 Å². The van der Waals surface area contributed by atoms with Crippen molar-refractivity contribution in [3.05, 3.63) is 0 Å². The summed E-state index contributed by atoms with van der Waals surface area (Å²) in [6.07, 6.45) is 1.56. The second-order valence-electron chi connectivity index (χ2n) is 0.726. The molecule has 0 aliphatic heterocycles. The summed E-state index contributed by atoms with van der Waals surface area (Å²) in [5, 5.41) is 0.192. The van der Waals surface area contributed by atoms with Crippen LogP contribution in [0.5, 0.6) is 0 Å². The lowest BCUT2D eigenvalue weighted by molar-refractivity contribution is 1.63. The third-order valence-corrected chi connectivity index (χ3v) is 0.362. The van der Waals surface area contributed by atoms with E-state index in [9.17, 15) is 0 Å². The predicted octanol–water partition coefficient (Wildman–Crippen LogP) is 0.321. The van der Waals surface area contributed by atoms with Crippen molar-refractivity contribution in [3.63, 3.8) is 0 Å². The summed E-state index contributed by atoms with van der Waals surface area (Å²) in [5.74, 6) is 0. The summed E-state index contributed by atoms with van der Waals surface area (Å²) in [7, 11) is 0.